The Morgan fingerprint density at radius 3 is 2.48 bits per heavy atom. The molecule has 1 aliphatic rings. The highest BCUT2D eigenvalue weighted by atomic mass is 32.2. The summed E-state index contributed by atoms with van der Waals surface area (Å²) in [7, 11) is 0. The molecule has 0 aromatic heterocycles. The molecule has 0 saturated carbocycles. The van der Waals surface area contributed by atoms with Crippen LogP contribution in [0.4, 0.5) is 0 Å². The van der Waals surface area contributed by atoms with Crippen LogP contribution in [0.25, 0.3) is 6.08 Å². The fourth-order valence-electron chi connectivity index (χ4n) is 2.39. The van der Waals surface area contributed by atoms with Crippen LogP contribution < -0.4 is 0 Å². The van der Waals surface area contributed by atoms with Gasteiger partial charge in [0.2, 0.25) is 0 Å². The Bertz CT molecular complexity index is 751. The molecule has 0 N–H and O–H groups in total. The molecule has 1 fully saturated rings. The SMILES string of the molecule is Cc1ccc(/C=C2/SC(=S)N(CCc3ccccc3)C2=O)cc1. The van der Waals surface area contributed by atoms with Gasteiger partial charge in [-0.1, -0.05) is 84.1 Å². The highest BCUT2D eigenvalue weighted by Gasteiger charge is 2.31. The van der Waals surface area contributed by atoms with Crippen molar-refractivity contribution in [2.24, 2.45) is 0 Å². The summed E-state index contributed by atoms with van der Waals surface area (Å²) in [6.07, 6.45) is 2.73. The van der Waals surface area contributed by atoms with Gasteiger partial charge >= 0.3 is 0 Å². The highest BCUT2D eigenvalue weighted by molar-refractivity contribution is 8.26. The molecular weight excluding hydrogens is 322 g/mol. The van der Waals surface area contributed by atoms with Crippen LogP contribution in [0.1, 0.15) is 16.7 Å². The Morgan fingerprint density at radius 2 is 1.78 bits per heavy atom. The van der Waals surface area contributed by atoms with Crippen LogP contribution in [-0.2, 0) is 11.2 Å². The lowest BCUT2D eigenvalue weighted by atomic mass is 10.1. The van der Waals surface area contributed by atoms with E-state index in [0.29, 0.717) is 15.8 Å². The van der Waals surface area contributed by atoms with Crippen molar-refractivity contribution in [2.45, 2.75) is 13.3 Å². The van der Waals surface area contributed by atoms with Crippen molar-refractivity contribution >= 4 is 40.3 Å². The van der Waals surface area contributed by atoms with Crippen LogP contribution in [0.2, 0.25) is 0 Å². The fraction of sp³-hybridized carbons (Fsp3) is 0.158. The van der Waals surface area contributed by atoms with Crippen LogP contribution >= 0.6 is 24.0 Å². The molecular formula is C19H17NOS2. The van der Waals surface area contributed by atoms with Crippen molar-refractivity contribution in [3.8, 4) is 0 Å². The summed E-state index contributed by atoms with van der Waals surface area (Å²) >= 11 is 6.76. The van der Waals surface area contributed by atoms with E-state index in [9.17, 15) is 4.79 Å². The molecule has 0 aliphatic carbocycles. The van der Waals surface area contributed by atoms with Gasteiger partial charge < -0.3 is 0 Å². The lowest BCUT2D eigenvalue weighted by Gasteiger charge is -2.14. The lowest BCUT2D eigenvalue weighted by Crippen LogP contribution is -2.30. The van der Waals surface area contributed by atoms with Crippen molar-refractivity contribution in [1.29, 1.82) is 0 Å². The number of rotatable bonds is 4. The number of thiocarbonyl (C=S) groups is 1. The van der Waals surface area contributed by atoms with E-state index in [1.807, 2.05) is 55.5 Å². The third-order valence-electron chi connectivity index (χ3n) is 3.72. The van der Waals surface area contributed by atoms with Gasteiger partial charge in [-0.3, -0.25) is 9.69 Å². The lowest BCUT2D eigenvalue weighted by molar-refractivity contribution is -0.122. The quantitative estimate of drug-likeness (QED) is 0.607. The first-order valence-corrected chi connectivity index (χ1v) is 8.72. The van der Waals surface area contributed by atoms with E-state index < -0.39 is 0 Å². The number of carbonyl (C=O) groups is 1. The number of hydrogen-bond donors (Lipinski definition) is 0. The number of hydrogen-bond acceptors (Lipinski definition) is 3. The molecule has 1 saturated heterocycles. The van der Waals surface area contributed by atoms with E-state index in [4.69, 9.17) is 12.2 Å². The number of aryl methyl sites for hydroxylation is 1. The molecule has 116 valence electrons. The maximum atomic E-state index is 12.6. The first-order valence-electron chi connectivity index (χ1n) is 7.49. The van der Waals surface area contributed by atoms with Crippen molar-refractivity contribution in [2.75, 3.05) is 6.54 Å². The highest BCUT2D eigenvalue weighted by Crippen LogP contribution is 2.32. The molecule has 23 heavy (non-hydrogen) atoms. The summed E-state index contributed by atoms with van der Waals surface area (Å²) in [6.45, 7) is 2.67. The molecule has 2 aromatic rings. The summed E-state index contributed by atoms with van der Waals surface area (Å²) in [5.74, 6) is 0.0107. The first-order chi connectivity index (χ1) is 11.1. The van der Waals surface area contributed by atoms with Crippen LogP contribution in [0.5, 0.6) is 0 Å². The zero-order valence-electron chi connectivity index (χ0n) is 12.9. The zero-order chi connectivity index (χ0) is 16.2. The van der Waals surface area contributed by atoms with Crippen molar-refractivity contribution in [1.82, 2.24) is 4.90 Å². The Balaban J connectivity index is 1.71. The molecule has 2 aromatic carbocycles. The predicted octanol–water partition coefficient (Wildman–Crippen LogP) is 4.44. The Kier molecular flexibility index (Phi) is 4.94. The van der Waals surface area contributed by atoms with Gasteiger partial charge in [0.25, 0.3) is 5.91 Å². The van der Waals surface area contributed by atoms with E-state index in [-0.39, 0.29) is 5.91 Å². The van der Waals surface area contributed by atoms with Gasteiger partial charge in [-0.15, -0.1) is 0 Å². The fourth-order valence-corrected chi connectivity index (χ4v) is 3.70. The van der Waals surface area contributed by atoms with Gasteiger partial charge in [0, 0.05) is 6.54 Å². The van der Waals surface area contributed by atoms with Crippen molar-refractivity contribution in [3.05, 3.63) is 76.2 Å². The van der Waals surface area contributed by atoms with Gasteiger partial charge in [-0.2, -0.15) is 0 Å². The Morgan fingerprint density at radius 1 is 1.09 bits per heavy atom. The molecule has 4 heteroatoms. The maximum absolute atomic E-state index is 12.6. The van der Waals surface area contributed by atoms with Crippen LogP contribution in [0.15, 0.2) is 59.5 Å². The maximum Gasteiger partial charge on any atom is 0.266 e. The van der Waals surface area contributed by atoms with Gasteiger partial charge in [0.15, 0.2) is 0 Å². The number of thioether (sulfide) groups is 1. The normalized spacial score (nSPS) is 16.4. The third kappa shape index (κ3) is 3.89. The average molecular weight is 339 g/mol. The molecule has 3 rings (SSSR count). The van der Waals surface area contributed by atoms with Gasteiger partial charge in [-0.25, -0.2) is 0 Å². The minimum atomic E-state index is 0.0107. The Hall–Kier alpha value is -1.91. The minimum Gasteiger partial charge on any atom is -0.293 e. The average Bonchev–Trinajstić information content (AvgIpc) is 2.82. The molecule has 0 unspecified atom stereocenters. The third-order valence-corrected chi connectivity index (χ3v) is 5.09. The summed E-state index contributed by atoms with van der Waals surface area (Å²) in [6, 6.07) is 18.3. The smallest absolute Gasteiger partial charge is 0.266 e. The van der Waals surface area contributed by atoms with Crippen molar-refractivity contribution < 1.29 is 4.79 Å². The summed E-state index contributed by atoms with van der Waals surface area (Å²) in [5, 5.41) is 0. The van der Waals surface area contributed by atoms with E-state index in [2.05, 4.69) is 12.1 Å². The van der Waals surface area contributed by atoms with E-state index in [1.165, 1.54) is 22.9 Å². The summed E-state index contributed by atoms with van der Waals surface area (Å²) < 4.78 is 0.643. The van der Waals surface area contributed by atoms with Gasteiger partial charge in [-0.05, 0) is 30.5 Å². The van der Waals surface area contributed by atoms with Gasteiger partial charge in [0.1, 0.15) is 4.32 Å². The molecule has 0 bridgehead atoms. The van der Waals surface area contributed by atoms with Crippen LogP contribution in [-0.4, -0.2) is 21.7 Å². The molecule has 0 spiro atoms. The monoisotopic (exact) mass is 339 g/mol. The summed E-state index contributed by atoms with van der Waals surface area (Å²) in [5.41, 5.74) is 3.45. The van der Waals surface area contributed by atoms with E-state index >= 15 is 0 Å². The van der Waals surface area contributed by atoms with Gasteiger partial charge in [0.05, 0.1) is 4.91 Å². The topological polar surface area (TPSA) is 20.3 Å². The number of carbonyl (C=O) groups excluding carboxylic acids is 1. The standard InChI is InChI=1S/C19H17NOS2/c1-14-7-9-16(10-8-14)13-17-18(21)20(19(22)23-17)12-11-15-5-3-2-4-6-15/h2-10,13H,11-12H2,1H3/b17-13+. The minimum absolute atomic E-state index is 0.0107. The number of benzene rings is 2. The molecule has 1 aliphatic heterocycles. The second-order valence-corrected chi connectivity index (χ2v) is 7.16. The van der Waals surface area contributed by atoms with E-state index in [0.717, 1.165) is 12.0 Å². The first kappa shape index (κ1) is 16.0. The molecule has 1 heterocycles. The van der Waals surface area contributed by atoms with E-state index in [1.54, 1.807) is 4.90 Å². The van der Waals surface area contributed by atoms with Crippen molar-refractivity contribution in [3.63, 3.8) is 0 Å². The number of nitrogens with zero attached hydrogens (tertiary/aromatic N) is 1. The van der Waals surface area contributed by atoms with Crippen LogP contribution in [0.3, 0.4) is 0 Å². The second-order valence-electron chi connectivity index (χ2n) is 5.48. The second kappa shape index (κ2) is 7.11. The largest absolute Gasteiger partial charge is 0.293 e. The zero-order valence-corrected chi connectivity index (χ0v) is 14.5. The Labute approximate surface area is 146 Å². The summed E-state index contributed by atoms with van der Waals surface area (Å²) in [4.78, 5) is 15.0. The van der Waals surface area contributed by atoms with Crippen LogP contribution in [0, 0.1) is 6.92 Å². The predicted molar refractivity (Wildman–Crippen MR) is 101 cm³/mol. The number of amides is 1. The molecule has 0 atom stereocenters. The molecule has 1 amide bonds. The molecule has 0 radical (unpaired) electrons. The molecule has 2 nitrogen and oxygen atoms in total.